The lowest BCUT2D eigenvalue weighted by molar-refractivity contribution is 0.203. The third-order valence-electron chi connectivity index (χ3n) is 3.43. The van der Waals surface area contributed by atoms with Gasteiger partial charge in [-0.1, -0.05) is 40.0 Å². The zero-order valence-electron chi connectivity index (χ0n) is 10.8. The molecule has 0 N–H and O–H groups in total. The Hall–Kier alpha value is -0.0400. The molecule has 0 spiro atoms. The number of hydrogen-bond donors (Lipinski definition) is 0. The standard InChI is InChI=1S/C13H29N/c1-6-9-10-13(8-3)11-14(5)12(4)7-2/h12-13H,6-11H2,1-5H3. The highest BCUT2D eigenvalue weighted by Gasteiger charge is 2.12. The van der Waals surface area contributed by atoms with Crippen molar-refractivity contribution in [3.63, 3.8) is 0 Å². The molecule has 14 heavy (non-hydrogen) atoms. The minimum absolute atomic E-state index is 0.741. The van der Waals surface area contributed by atoms with Gasteiger partial charge >= 0.3 is 0 Å². The molecule has 1 nitrogen and oxygen atoms in total. The molecule has 0 rings (SSSR count). The summed E-state index contributed by atoms with van der Waals surface area (Å²) in [5, 5.41) is 0. The van der Waals surface area contributed by atoms with Crippen LogP contribution in [0.3, 0.4) is 0 Å². The smallest absolute Gasteiger partial charge is 0.00613 e. The molecule has 0 heterocycles. The average Bonchev–Trinajstić information content (AvgIpc) is 2.22. The van der Waals surface area contributed by atoms with Crippen LogP contribution in [-0.4, -0.2) is 24.5 Å². The van der Waals surface area contributed by atoms with E-state index >= 15 is 0 Å². The topological polar surface area (TPSA) is 3.24 Å². The zero-order chi connectivity index (χ0) is 11.0. The minimum atomic E-state index is 0.741. The third-order valence-corrected chi connectivity index (χ3v) is 3.43. The molecule has 0 aliphatic carbocycles. The first-order valence-electron chi connectivity index (χ1n) is 6.35. The van der Waals surface area contributed by atoms with E-state index in [2.05, 4.69) is 39.6 Å². The fourth-order valence-electron chi connectivity index (χ4n) is 1.82. The van der Waals surface area contributed by atoms with Gasteiger partial charge in [0.25, 0.3) is 0 Å². The molecule has 0 saturated heterocycles. The second kappa shape index (κ2) is 8.28. The molecule has 0 bridgehead atoms. The van der Waals surface area contributed by atoms with E-state index in [1.54, 1.807) is 0 Å². The quantitative estimate of drug-likeness (QED) is 0.572. The minimum Gasteiger partial charge on any atom is -0.303 e. The van der Waals surface area contributed by atoms with E-state index in [1.165, 1.54) is 38.6 Å². The zero-order valence-corrected chi connectivity index (χ0v) is 10.8. The van der Waals surface area contributed by atoms with Gasteiger partial charge in [-0.05, 0) is 32.7 Å². The lowest BCUT2D eigenvalue weighted by atomic mass is 9.98. The van der Waals surface area contributed by atoms with Crippen molar-refractivity contribution >= 4 is 0 Å². The molecule has 0 radical (unpaired) electrons. The fourth-order valence-corrected chi connectivity index (χ4v) is 1.82. The van der Waals surface area contributed by atoms with Crippen molar-refractivity contribution in [2.45, 2.75) is 65.8 Å². The van der Waals surface area contributed by atoms with E-state index in [0.29, 0.717) is 0 Å². The second-order valence-electron chi connectivity index (χ2n) is 4.61. The highest BCUT2D eigenvalue weighted by Crippen LogP contribution is 2.15. The molecular weight excluding hydrogens is 170 g/mol. The predicted octanol–water partition coefficient (Wildman–Crippen LogP) is 3.93. The largest absolute Gasteiger partial charge is 0.303 e. The van der Waals surface area contributed by atoms with Crippen LogP contribution in [0.25, 0.3) is 0 Å². The number of nitrogens with zero attached hydrogens (tertiary/aromatic N) is 1. The first-order valence-corrected chi connectivity index (χ1v) is 6.35. The fraction of sp³-hybridized carbons (Fsp3) is 1.00. The summed E-state index contributed by atoms with van der Waals surface area (Å²) in [4.78, 5) is 2.52. The molecule has 0 amide bonds. The first kappa shape index (κ1) is 14.0. The van der Waals surface area contributed by atoms with Gasteiger partial charge in [0.15, 0.2) is 0 Å². The van der Waals surface area contributed by atoms with Crippen LogP contribution in [0.15, 0.2) is 0 Å². The first-order chi connectivity index (χ1) is 6.65. The van der Waals surface area contributed by atoms with Gasteiger partial charge < -0.3 is 4.90 Å². The van der Waals surface area contributed by atoms with E-state index in [0.717, 1.165) is 12.0 Å². The van der Waals surface area contributed by atoms with Crippen LogP contribution in [-0.2, 0) is 0 Å². The monoisotopic (exact) mass is 199 g/mol. The molecule has 0 aromatic heterocycles. The number of hydrogen-bond acceptors (Lipinski definition) is 1. The normalized spacial score (nSPS) is 15.9. The van der Waals surface area contributed by atoms with Crippen molar-refractivity contribution in [1.29, 1.82) is 0 Å². The Morgan fingerprint density at radius 1 is 1.07 bits per heavy atom. The maximum absolute atomic E-state index is 2.52. The van der Waals surface area contributed by atoms with Crippen LogP contribution >= 0.6 is 0 Å². The molecule has 86 valence electrons. The van der Waals surface area contributed by atoms with Crippen molar-refractivity contribution in [2.24, 2.45) is 5.92 Å². The van der Waals surface area contributed by atoms with E-state index in [4.69, 9.17) is 0 Å². The van der Waals surface area contributed by atoms with Gasteiger partial charge in [-0.3, -0.25) is 0 Å². The van der Waals surface area contributed by atoms with Crippen molar-refractivity contribution in [3.05, 3.63) is 0 Å². The lowest BCUT2D eigenvalue weighted by Gasteiger charge is -2.28. The second-order valence-corrected chi connectivity index (χ2v) is 4.61. The molecule has 0 saturated carbocycles. The molecule has 0 aromatic rings. The van der Waals surface area contributed by atoms with Crippen LogP contribution in [0.1, 0.15) is 59.8 Å². The van der Waals surface area contributed by atoms with Crippen LogP contribution in [0.4, 0.5) is 0 Å². The number of unbranched alkanes of at least 4 members (excludes halogenated alkanes) is 1. The Kier molecular flexibility index (Phi) is 8.26. The van der Waals surface area contributed by atoms with Gasteiger partial charge in [0.05, 0.1) is 0 Å². The highest BCUT2D eigenvalue weighted by atomic mass is 15.1. The molecule has 2 atom stereocenters. The predicted molar refractivity (Wildman–Crippen MR) is 65.7 cm³/mol. The van der Waals surface area contributed by atoms with Crippen molar-refractivity contribution < 1.29 is 0 Å². The van der Waals surface area contributed by atoms with Crippen LogP contribution in [0, 0.1) is 5.92 Å². The highest BCUT2D eigenvalue weighted by molar-refractivity contribution is 4.66. The van der Waals surface area contributed by atoms with E-state index < -0.39 is 0 Å². The van der Waals surface area contributed by atoms with Crippen LogP contribution in [0.2, 0.25) is 0 Å². The van der Waals surface area contributed by atoms with E-state index in [9.17, 15) is 0 Å². The summed E-state index contributed by atoms with van der Waals surface area (Å²) in [6.07, 6.45) is 6.74. The van der Waals surface area contributed by atoms with Gasteiger partial charge in [0, 0.05) is 12.6 Å². The van der Waals surface area contributed by atoms with Crippen molar-refractivity contribution in [1.82, 2.24) is 4.90 Å². The molecule has 0 aliphatic rings. The maximum atomic E-state index is 2.52. The van der Waals surface area contributed by atoms with Gasteiger partial charge in [-0.25, -0.2) is 0 Å². The van der Waals surface area contributed by atoms with Gasteiger partial charge in [0.1, 0.15) is 0 Å². The van der Waals surface area contributed by atoms with E-state index in [-0.39, 0.29) is 0 Å². The maximum Gasteiger partial charge on any atom is 0.00613 e. The van der Waals surface area contributed by atoms with Gasteiger partial charge in [0.2, 0.25) is 0 Å². The Morgan fingerprint density at radius 2 is 1.71 bits per heavy atom. The summed E-state index contributed by atoms with van der Waals surface area (Å²) in [6, 6.07) is 0.741. The molecule has 0 aliphatic heterocycles. The Morgan fingerprint density at radius 3 is 2.14 bits per heavy atom. The van der Waals surface area contributed by atoms with Crippen LogP contribution < -0.4 is 0 Å². The summed E-state index contributed by atoms with van der Waals surface area (Å²) in [5.74, 6) is 0.911. The molecule has 1 heteroatoms. The summed E-state index contributed by atoms with van der Waals surface area (Å²) in [5.41, 5.74) is 0. The van der Waals surface area contributed by atoms with E-state index in [1.807, 2.05) is 0 Å². The summed E-state index contributed by atoms with van der Waals surface area (Å²) in [7, 11) is 2.27. The molecule has 2 unspecified atom stereocenters. The van der Waals surface area contributed by atoms with Gasteiger partial charge in [-0.2, -0.15) is 0 Å². The molecule has 0 fully saturated rings. The summed E-state index contributed by atoms with van der Waals surface area (Å²) >= 11 is 0. The third kappa shape index (κ3) is 5.64. The summed E-state index contributed by atoms with van der Waals surface area (Å²) < 4.78 is 0. The van der Waals surface area contributed by atoms with Gasteiger partial charge in [-0.15, -0.1) is 0 Å². The van der Waals surface area contributed by atoms with Crippen molar-refractivity contribution in [2.75, 3.05) is 13.6 Å². The SMILES string of the molecule is CCCCC(CC)CN(C)C(C)CC. The molecule has 0 aromatic carbocycles. The Balaban J connectivity index is 3.79. The van der Waals surface area contributed by atoms with Crippen LogP contribution in [0.5, 0.6) is 0 Å². The lowest BCUT2D eigenvalue weighted by Crippen LogP contribution is -2.33. The Labute approximate surface area is 90.9 Å². The number of rotatable bonds is 8. The summed E-state index contributed by atoms with van der Waals surface area (Å²) in [6.45, 7) is 10.5. The molecular formula is C13H29N. The average molecular weight is 199 g/mol. The van der Waals surface area contributed by atoms with Crippen molar-refractivity contribution in [3.8, 4) is 0 Å². The Bertz CT molecular complexity index is 122.